The van der Waals surface area contributed by atoms with Gasteiger partial charge in [0.05, 0.1) is 5.75 Å². The lowest BCUT2D eigenvalue weighted by molar-refractivity contribution is -0.122. The smallest absolute Gasteiger partial charge is 0.236 e. The normalized spacial score (nSPS) is 13.4. The molecule has 1 amide bonds. The first-order valence-electron chi connectivity index (χ1n) is 5.97. The fourth-order valence-electron chi connectivity index (χ4n) is 1.21. The van der Waals surface area contributed by atoms with E-state index in [2.05, 4.69) is 11.6 Å². The summed E-state index contributed by atoms with van der Waals surface area (Å²) in [6.45, 7) is 5.65. The monoisotopic (exact) mass is 249 g/mol. The van der Waals surface area contributed by atoms with Gasteiger partial charge in [0.2, 0.25) is 15.9 Å². The van der Waals surface area contributed by atoms with Gasteiger partial charge in [-0.1, -0.05) is 40.0 Å². The van der Waals surface area contributed by atoms with Crippen molar-refractivity contribution in [2.24, 2.45) is 5.92 Å². The molecule has 16 heavy (non-hydrogen) atoms. The van der Waals surface area contributed by atoms with Crippen molar-refractivity contribution in [1.29, 1.82) is 0 Å². The highest BCUT2D eigenvalue weighted by Gasteiger charge is 2.17. The summed E-state index contributed by atoms with van der Waals surface area (Å²) in [5.41, 5.74) is 0. The molecule has 0 spiro atoms. The van der Waals surface area contributed by atoms with Gasteiger partial charge in [0.15, 0.2) is 0 Å². The second-order valence-electron chi connectivity index (χ2n) is 4.16. The third-order valence-electron chi connectivity index (χ3n) is 2.58. The maximum absolute atomic E-state index is 11.5. The number of hydrogen-bond acceptors (Lipinski definition) is 3. The molecule has 0 bridgehead atoms. The van der Waals surface area contributed by atoms with E-state index in [9.17, 15) is 13.2 Å². The van der Waals surface area contributed by atoms with Gasteiger partial charge in [-0.15, -0.1) is 0 Å². The number of unbranched alkanes of at least 4 members (excludes halogenated alkanes) is 3. The maximum Gasteiger partial charge on any atom is 0.236 e. The van der Waals surface area contributed by atoms with Crippen molar-refractivity contribution < 1.29 is 13.2 Å². The Hall–Kier alpha value is -0.580. The van der Waals surface area contributed by atoms with Crippen molar-refractivity contribution in [3.63, 3.8) is 0 Å². The Balaban J connectivity index is 4.00. The number of carbonyl (C=O) groups is 1. The van der Waals surface area contributed by atoms with E-state index in [1.807, 2.05) is 6.92 Å². The molecule has 0 aromatic rings. The van der Waals surface area contributed by atoms with Gasteiger partial charge in [0.25, 0.3) is 0 Å². The molecule has 0 saturated heterocycles. The average molecular weight is 249 g/mol. The Morgan fingerprint density at radius 3 is 2.31 bits per heavy atom. The van der Waals surface area contributed by atoms with Crippen LogP contribution >= 0.6 is 0 Å². The summed E-state index contributed by atoms with van der Waals surface area (Å²) in [5, 5.41) is 0. The minimum atomic E-state index is -3.42. The number of hydrogen-bond donors (Lipinski definition) is 1. The Kier molecular flexibility index (Phi) is 7.38. The molecule has 0 aromatic carbocycles. The molecule has 0 aliphatic rings. The van der Waals surface area contributed by atoms with Crippen LogP contribution < -0.4 is 4.72 Å². The van der Waals surface area contributed by atoms with Crippen molar-refractivity contribution in [2.75, 3.05) is 5.75 Å². The number of nitrogens with one attached hydrogen (secondary N) is 1. The van der Waals surface area contributed by atoms with E-state index in [1.54, 1.807) is 6.92 Å². The molecule has 0 aromatic heterocycles. The van der Waals surface area contributed by atoms with Crippen LogP contribution in [0.2, 0.25) is 0 Å². The molecule has 1 unspecified atom stereocenters. The summed E-state index contributed by atoms with van der Waals surface area (Å²) in [6.07, 6.45) is 4.27. The van der Waals surface area contributed by atoms with Gasteiger partial charge in [-0.2, -0.15) is 0 Å². The van der Waals surface area contributed by atoms with E-state index in [0.29, 0.717) is 12.8 Å². The van der Waals surface area contributed by atoms with Crippen LogP contribution in [0.25, 0.3) is 0 Å². The lowest BCUT2D eigenvalue weighted by atomic mass is 10.1. The highest BCUT2D eigenvalue weighted by Crippen LogP contribution is 2.04. The fourth-order valence-corrected chi connectivity index (χ4v) is 2.40. The van der Waals surface area contributed by atoms with Gasteiger partial charge in [-0.3, -0.25) is 9.52 Å². The van der Waals surface area contributed by atoms with Crippen LogP contribution in [-0.4, -0.2) is 20.1 Å². The van der Waals surface area contributed by atoms with Gasteiger partial charge >= 0.3 is 0 Å². The highest BCUT2D eigenvalue weighted by molar-refractivity contribution is 7.90. The van der Waals surface area contributed by atoms with E-state index >= 15 is 0 Å². The van der Waals surface area contributed by atoms with Crippen LogP contribution in [0.3, 0.4) is 0 Å². The Morgan fingerprint density at radius 1 is 1.19 bits per heavy atom. The number of rotatable bonds is 8. The van der Waals surface area contributed by atoms with Gasteiger partial charge in [0, 0.05) is 5.92 Å². The lowest BCUT2D eigenvalue weighted by Crippen LogP contribution is -2.36. The van der Waals surface area contributed by atoms with Crippen LogP contribution in [0, 0.1) is 5.92 Å². The molecule has 1 N–H and O–H groups in total. The van der Waals surface area contributed by atoms with Crippen LogP contribution in [0.4, 0.5) is 0 Å². The van der Waals surface area contributed by atoms with Gasteiger partial charge in [-0.05, 0) is 12.8 Å². The molecule has 0 radical (unpaired) electrons. The zero-order valence-corrected chi connectivity index (χ0v) is 11.3. The van der Waals surface area contributed by atoms with Crippen molar-refractivity contribution in [3.05, 3.63) is 0 Å². The average Bonchev–Trinajstić information content (AvgIpc) is 2.22. The SMILES string of the molecule is CCCCCCS(=O)(=O)NC(=O)C(C)CC. The third kappa shape index (κ3) is 6.82. The van der Waals surface area contributed by atoms with Crippen LogP contribution in [-0.2, 0) is 14.8 Å². The third-order valence-corrected chi connectivity index (χ3v) is 3.92. The topological polar surface area (TPSA) is 63.2 Å². The first-order chi connectivity index (χ1) is 7.43. The predicted molar refractivity (Wildman–Crippen MR) is 65.5 cm³/mol. The molecule has 96 valence electrons. The van der Waals surface area contributed by atoms with Crippen LogP contribution in [0.15, 0.2) is 0 Å². The first-order valence-corrected chi connectivity index (χ1v) is 7.62. The standard InChI is InChI=1S/C11H23NO3S/c1-4-6-7-8-9-16(14,15)12-11(13)10(3)5-2/h10H,4-9H2,1-3H3,(H,12,13). The molecule has 0 fully saturated rings. The van der Waals surface area contributed by atoms with Crippen molar-refractivity contribution in [2.45, 2.75) is 52.9 Å². The Bertz CT molecular complexity index is 298. The van der Waals surface area contributed by atoms with Crippen LogP contribution in [0.5, 0.6) is 0 Å². The van der Waals surface area contributed by atoms with Crippen LogP contribution in [0.1, 0.15) is 52.9 Å². The van der Waals surface area contributed by atoms with Crippen molar-refractivity contribution >= 4 is 15.9 Å². The minimum absolute atomic E-state index is 0.0508. The second-order valence-corrected chi connectivity index (χ2v) is 6.00. The molecule has 0 rings (SSSR count). The summed E-state index contributed by atoms with van der Waals surface area (Å²) in [5.74, 6) is -0.585. The van der Waals surface area contributed by atoms with Gasteiger partial charge in [0.1, 0.15) is 0 Å². The summed E-state index contributed by atoms with van der Waals surface area (Å²) in [4.78, 5) is 11.4. The van der Waals surface area contributed by atoms with E-state index < -0.39 is 15.9 Å². The fraction of sp³-hybridized carbons (Fsp3) is 0.909. The van der Waals surface area contributed by atoms with E-state index in [0.717, 1.165) is 19.3 Å². The summed E-state index contributed by atoms with van der Waals surface area (Å²) < 4.78 is 25.1. The summed E-state index contributed by atoms with van der Waals surface area (Å²) >= 11 is 0. The molecule has 0 aliphatic carbocycles. The number of sulfonamides is 1. The highest BCUT2D eigenvalue weighted by atomic mass is 32.2. The molecule has 5 heteroatoms. The van der Waals surface area contributed by atoms with Gasteiger partial charge < -0.3 is 0 Å². The van der Waals surface area contributed by atoms with Crippen molar-refractivity contribution in [3.8, 4) is 0 Å². The lowest BCUT2D eigenvalue weighted by Gasteiger charge is -2.10. The van der Waals surface area contributed by atoms with E-state index in [-0.39, 0.29) is 11.7 Å². The Morgan fingerprint density at radius 2 is 1.81 bits per heavy atom. The molecule has 1 atom stereocenters. The zero-order chi connectivity index (χ0) is 12.6. The summed E-state index contributed by atoms with van der Waals surface area (Å²) in [7, 11) is -3.42. The minimum Gasteiger partial charge on any atom is -0.274 e. The molecule has 0 aliphatic heterocycles. The molecule has 0 saturated carbocycles. The molecular weight excluding hydrogens is 226 g/mol. The maximum atomic E-state index is 11.5. The van der Waals surface area contributed by atoms with E-state index in [4.69, 9.17) is 0 Å². The van der Waals surface area contributed by atoms with Crippen molar-refractivity contribution in [1.82, 2.24) is 4.72 Å². The largest absolute Gasteiger partial charge is 0.274 e. The summed E-state index contributed by atoms with van der Waals surface area (Å²) in [6, 6.07) is 0. The molecule has 0 heterocycles. The van der Waals surface area contributed by atoms with Gasteiger partial charge in [-0.25, -0.2) is 8.42 Å². The molecule has 4 nitrogen and oxygen atoms in total. The first kappa shape index (κ1) is 15.4. The molecular formula is C11H23NO3S. The zero-order valence-electron chi connectivity index (χ0n) is 10.5. The quantitative estimate of drug-likeness (QED) is 0.670. The number of amides is 1. The Labute approximate surface area is 98.9 Å². The number of carbonyl (C=O) groups excluding carboxylic acids is 1. The predicted octanol–water partition coefficient (Wildman–Crippen LogP) is 2.06. The van der Waals surface area contributed by atoms with E-state index in [1.165, 1.54) is 0 Å². The second kappa shape index (κ2) is 7.65.